The van der Waals surface area contributed by atoms with Crippen LogP contribution >= 0.6 is 0 Å². The fourth-order valence-electron chi connectivity index (χ4n) is 3.01. The molecule has 0 fully saturated rings. The van der Waals surface area contributed by atoms with Gasteiger partial charge in [0.25, 0.3) is 11.8 Å². The SMILES string of the molecule is CN(C)c1ccc(/C=C(\NC(=O)c2cccc(F)c2)C(=O)N/N=C\c2ccc(O)c([N+](=O)[O-])c2)cc1. The van der Waals surface area contributed by atoms with Crippen molar-refractivity contribution in [3.63, 3.8) is 0 Å². The number of hydrogen-bond donors (Lipinski definition) is 3. The van der Waals surface area contributed by atoms with Gasteiger partial charge in [-0.05, 0) is 54.1 Å². The van der Waals surface area contributed by atoms with E-state index in [-0.39, 0.29) is 16.8 Å². The number of anilines is 1. The van der Waals surface area contributed by atoms with E-state index in [9.17, 15) is 29.2 Å². The van der Waals surface area contributed by atoms with Crippen LogP contribution in [0.25, 0.3) is 6.08 Å². The van der Waals surface area contributed by atoms with Gasteiger partial charge in [-0.1, -0.05) is 18.2 Å². The highest BCUT2D eigenvalue weighted by Gasteiger charge is 2.16. The number of carbonyl (C=O) groups excluding carboxylic acids is 2. The molecule has 0 bridgehead atoms. The quantitative estimate of drug-likeness (QED) is 0.191. The smallest absolute Gasteiger partial charge is 0.311 e. The summed E-state index contributed by atoms with van der Waals surface area (Å²) in [6.45, 7) is 0. The number of rotatable bonds is 8. The van der Waals surface area contributed by atoms with Crippen molar-refractivity contribution in [3.8, 4) is 5.75 Å². The first kappa shape index (κ1) is 25.6. The summed E-state index contributed by atoms with van der Waals surface area (Å²) in [5.41, 5.74) is 3.34. The van der Waals surface area contributed by atoms with Gasteiger partial charge in [-0.3, -0.25) is 19.7 Å². The van der Waals surface area contributed by atoms with Gasteiger partial charge < -0.3 is 15.3 Å². The molecule has 0 aliphatic heterocycles. The number of phenols is 1. The third kappa shape index (κ3) is 6.73. The molecular formula is C25H22FN5O5. The van der Waals surface area contributed by atoms with E-state index in [2.05, 4.69) is 15.8 Å². The van der Waals surface area contributed by atoms with Gasteiger partial charge in [0, 0.05) is 37.0 Å². The van der Waals surface area contributed by atoms with Gasteiger partial charge in [0.05, 0.1) is 11.1 Å². The Balaban J connectivity index is 1.84. The van der Waals surface area contributed by atoms with Crippen LogP contribution in [0, 0.1) is 15.9 Å². The van der Waals surface area contributed by atoms with Gasteiger partial charge in [0.1, 0.15) is 11.5 Å². The Hall–Kier alpha value is -5.06. The molecule has 0 heterocycles. The first-order valence-corrected chi connectivity index (χ1v) is 10.5. The summed E-state index contributed by atoms with van der Waals surface area (Å²) in [6, 6.07) is 15.7. The largest absolute Gasteiger partial charge is 0.502 e. The maximum atomic E-state index is 13.5. The molecule has 184 valence electrons. The van der Waals surface area contributed by atoms with Gasteiger partial charge in [0.15, 0.2) is 5.75 Å². The number of nitrogens with one attached hydrogen (secondary N) is 2. The molecule has 3 aromatic carbocycles. The number of halogens is 1. The van der Waals surface area contributed by atoms with E-state index in [1.54, 1.807) is 12.1 Å². The number of carbonyl (C=O) groups is 2. The zero-order valence-electron chi connectivity index (χ0n) is 19.3. The molecule has 0 aliphatic carbocycles. The molecule has 0 aliphatic rings. The van der Waals surface area contributed by atoms with Gasteiger partial charge >= 0.3 is 5.69 Å². The summed E-state index contributed by atoms with van der Waals surface area (Å²) in [6.07, 6.45) is 2.56. The minimum atomic E-state index is -0.791. The van der Waals surface area contributed by atoms with E-state index in [0.717, 1.165) is 30.1 Å². The van der Waals surface area contributed by atoms with Crippen LogP contribution < -0.4 is 15.6 Å². The minimum absolute atomic E-state index is 0.0107. The topological polar surface area (TPSA) is 137 Å². The number of hydrazone groups is 1. The second-order valence-electron chi connectivity index (χ2n) is 7.71. The van der Waals surface area contributed by atoms with Gasteiger partial charge in [-0.25, -0.2) is 9.82 Å². The molecule has 0 spiro atoms. The highest BCUT2D eigenvalue weighted by Crippen LogP contribution is 2.25. The molecule has 10 nitrogen and oxygen atoms in total. The lowest BCUT2D eigenvalue weighted by Crippen LogP contribution is -2.32. The van der Waals surface area contributed by atoms with E-state index in [4.69, 9.17) is 0 Å². The molecule has 0 radical (unpaired) electrons. The van der Waals surface area contributed by atoms with Crippen LogP contribution in [0.1, 0.15) is 21.5 Å². The second kappa shape index (κ2) is 11.4. The predicted molar refractivity (Wildman–Crippen MR) is 133 cm³/mol. The first-order chi connectivity index (χ1) is 17.1. The van der Waals surface area contributed by atoms with E-state index < -0.39 is 34.0 Å². The molecule has 0 saturated carbocycles. The molecular weight excluding hydrogens is 469 g/mol. The summed E-state index contributed by atoms with van der Waals surface area (Å²) >= 11 is 0. The lowest BCUT2D eigenvalue weighted by Gasteiger charge is -2.12. The lowest BCUT2D eigenvalue weighted by molar-refractivity contribution is -0.385. The maximum absolute atomic E-state index is 13.5. The standard InChI is InChI=1S/C25H22FN5O5/c1-30(2)20-9-6-16(7-10-20)12-21(28-24(33)18-4-3-5-19(26)14-18)25(34)29-27-15-17-8-11-23(32)22(13-17)31(35)36/h3-15,32H,1-2H3,(H,28,33)(H,29,34)/b21-12-,27-15-. The Bertz CT molecular complexity index is 1350. The summed E-state index contributed by atoms with van der Waals surface area (Å²) in [5, 5.41) is 26.8. The van der Waals surface area contributed by atoms with Crippen LogP contribution in [0.5, 0.6) is 5.75 Å². The summed E-state index contributed by atoms with van der Waals surface area (Å²) in [5.74, 6) is -2.61. The highest BCUT2D eigenvalue weighted by atomic mass is 19.1. The van der Waals surface area contributed by atoms with E-state index in [1.807, 2.05) is 31.1 Å². The summed E-state index contributed by atoms with van der Waals surface area (Å²) in [7, 11) is 3.76. The Kier molecular flexibility index (Phi) is 8.08. The average Bonchev–Trinajstić information content (AvgIpc) is 2.84. The molecule has 3 N–H and O–H groups in total. The zero-order chi connectivity index (χ0) is 26.2. The summed E-state index contributed by atoms with van der Waals surface area (Å²) in [4.78, 5) is 37.6. The summed E-state index contributed by atoms with van der Waals surface area (Å²) < 4.78 is 13.5. The molecule has 2 amide bonds. The molecule has 11 heteroatoms. The van der Waals surface area contributed by atoms with Crippen molar-refractivity contribution >= 4 is 35.5 Å². The number of phenolic OH excluding ortho intramolecular Hbond substituents is 1. The highest BCUT2D eigenvalue weighted by molar-refractivity contribution is 6.05. The van der Waals surface area contributed by atoms with Crippen LogP contribution in [0.3, 0.4) is 0 Å². The fraction of sp³-hybridized carbons (Fsp3) is 0.0800. The molecule has 0 saturated heterocycles. The average molecular weight is 491 g/mol. The van der Waals surface area contributed by atoms with Crippen LogP contribution in [0.2, 0.25) is 0 Å². The van der Waals surface area contributed by atoms with E-state index in [1.165, 1.54) is 30.3 Å². The van der Waals surface area contributed by atoms with Crippen molar-refractivity contribution in [2.75, 3.05) is 19.0 Å². The van der Waals surface area contributed by atoms with Crippen molar-refractivity contribution in [3.05, 3.63) is 105 Å². The fourth-order valence-corrected chi connectivity index (χ4v) is 3.01. The minimum Gasteiger partial charge on any atom is -0.502 e. The van der Waals surface area contributed by atoms with Crippen molar-refractivity contribution in [2.45, 2.75) is 0 Å². The molecule has 0 unspecified atom stereocenters. The number of benzene rings is 3. The number of nitrogens with zero attached hydrogens (tertiary/aromatic N) is 3. The van der Waals surface area contributed by atoms with E-state index in [0.29, 0.717) is 5.56 Å². The Morgan fingerprint density at radius 3 is 2.39 bits per heavy atom. The molecule has 3 aromatic rings. The van der Waals surface area contributed by atoms with Crippen molar-refractivity contribution < 1.29 is 24.0 Å². The Labute approximate surface area is 205 Å². The monoisotopic (exact) mass is 491 g/mol. The normalized spacial score (nSPS) is 11.2. The van der Waals surface area contributed by atoms with Crippen LogP contribution in [0.4, 0.5) is 15.8 Å². The number of amides is 2. The second-order valence-corrected chi connectivity index (χ2v) is 7.71. The first-order valence-electron chi connectivity index (χ1n) is 10.5. The van der Waals surface area contributed by atoms with Crippen molar-refractivity contribution in [1.29, 1.82) is 0 Å². The zero-order valence-corrected chi connectivity index (χ0v) is 19.3. The number of aromatic hydroxyl groups is 1. The number of hydrogen-bond acceptors (Lipinski definition) is 7. The van der Waals surface area contributed by atoms with Crippen molar-refractivity contribution in [2.24, 2.45) is 5.10 Å². The Morgan fingerprint density at radius 2 is 1.75 bits per heavy atom. The van der Waals surface area contributed by atoms with Gasteiger partial charge in [-0.15, -0.1) is 0 Å². The third-order valence-corrected chi connectivity index (χ3v) is 4.88. The molecule has 0 aromatic heterocycles. The number of nitro groups is 1. The molecule has 36 heavy (non-hydrogen) atoms. The van der Waals surface area contributed by atoms with Gasteiger partial charge in [0.2, 0.25) is 0 Å². The molecule has 0 atom stereocenters. The lowest BCUT2D eigenvalue weighted by atomic mass is 10.1. The van der Waals surface area contributed by atoms with Crippen LogP contribution in [0.15, 0.2) is 77.5 Å². The van der Waals surface area contributed by atoms with E-state index >= 15 is 0 Å². The van der Waals surface area contributed by atoms with Crippen LogP contribution in [-0.4, -0.2) is 42.2 Å². The molecule has 3 rings (SSSR count). The van der Waals surface area contributed by atoms with Crippen LogP contribution in [-0.2, 0) is 4.79 Å². The van der Waals surface area contributed by atoms with Gasteiger partial charge in [-0.2, -0.15) is 5.10 Å². The maximum Gasteiger partial charge on any atom is 0.311 e. The number of nitro benzene ring substituents is 1. The van der Waals surface area contributed by atoms with Crippen molar-refractivity contribution in [1.82, 2.24) is 10.7 Å². The predicted octanol–water partition coefficient (Wildman–Crippen LogP) is 3.43. The Morgan fingerprint density at radius 1 is 1.06 bits per heavy atom. The third-order valence-electron chi connectivity index (χ3n) is 4.88.